The third-order valence-electron chi connectivity index (χ3n) is 5.97. The maximum Gasteiger partial charge on any atom is 0.341 e. The minimum atomic E-state index is -0.839. The van der Waals surface area contributed by atoms with E-state index in [0.717, 1.165) is 5.56 Å². The predicted molar refractivity (Wildman–Crippen MR) is 141 cm³/mol. The molecule has 0 saturated carbocycles. The fraction of sp³-hybridized carbons (Fsp3) is 0.167. The minimum absolute atomic E-state index is 0.237. The first-order chi connectivity index (χ1) is 17.8. The summed E-state index contributed by atoms with van der Waals surface area (Å²) in [7, 11) is 0. The van der Waals surface area contributed by atoms with Crippen LogP contribution in [-0.2, 0) is 19.1 Å². The van der Waals surface area contributed by atoms with Gasteiger partial charge in [-0.3, -0.25) is 4.79 Å². The molecule has 0 fully saturated rings. The molecule has 1 aromatic heterocycles. The standard InChI is InChI=1S/C30H27NO6/c1-5-14-35-29(33)26-18(3)31-19(4)27(30(34)36-15-6-2)28(26)21-12-13-24-22(16-21)23(32)17-25(37-24)20-10-8-7-9-11-20/h5-17,28,31H,1-4H3/b14-5+,15-6+. The Morgan fingerprint density at radius 1 is 0.865 bits per heavy atom. The van der Waals surface area contributed by atoms with Crippen molar-refractivity contribution in [1.82, 2.24) is 5.32 Å². The van der Waals surface area contributed by atoms with E-state index in [1.165, 1.54) is 18.6 Å². The van der Waals surface area contributed by atoms with Crippen molar-refractivity contribution in [3.8, 4) is 11.3 Å². The summed E-state index contributed by atoms with van der Waals surface area (Å²) in [6.07, 6.45) is 5.74. The number of carbonyl (C=O) groups excluding carboxylic acids is 2. The molecule has 4 rings (SSSR count). The van der Waals surface area contributed by atoms with Crippen LogP contribution in [0.3, 0.4) is 0 Å². The molecule has 7 heteroatoms. The molecular weight excluding hydrogens is 470 g/mol. The zero-order valence-electron chi connectivity index (χ0n) is 21.0. The van der Waals surface area contributed by atoms with Gasteiger partial charge in [0, 0.05) is 23.0 Å². The predicted octanol–water partition coefficient (Wildman–Crippen LogP) is 5.85. The maximum absolute atomic E-state index is 13.2. The first kappa shape index (κ1) is 25.4. The number of ether oxygens (including phenoxy) is 2. The molecule has 3 aromatic rings. The Hall–Kier alpha value is -4.65. The van der Waals surface area contributed by atoms with Crippen LogP contribution in [0.4, 0.5) is 0 Å². The quantitative estimate of drug-likeness (QED) is 0.337. The highest BCUT2D eigenvalue weighted by Crippen LogP contribution is 2.40. The number of carbonyl (C=O) groups is 2. The van der Waals surface area contributed by atoms with Gasteiger partial charge in [-0.2, -0.15) is 0 Å². The van der Waals surface area contributed by atoms with E-state index in [0.29, 0.717) is 33.7 Å². The number of hydrogen-bond donors (Lipinski definition) is 1. The number of allylic oxidation sites excluding steroid dienone is 4. The Morgan fingerprint density at radius 3 is 2.03 bits per heavy atom. The van der Waals surface area contributed by atoms with Crippen molar-refractivity contribution in [2.45, 2.75) is 33.6 Å². The lowest BCUT2D eigenvalue weighted by Gasteiger charge is -2.30. The van der Waals surface area contributed by atoms with E-state index in [4.69, 9.17) is 13.9 Å². The lowest BCUT2D eigenvalue weighted by molar-refractivity contribution is -0.134. The van der Waals surface area contributed by atoms with Gasteiger partial charge >= 0.3 is 11.9 Å². The molecule has 188 valence electrons. The third kappa shape index (κ3) is 5.16. The molecule has 37 heavy (non-hydrogen) atoms. The largest absolute Gasteiger partial charge is 0.456 e. The SMILES string of the molecule is C/C=C/OC(=O)C1=C(C)NC(C)=C(C(=O)O/C=C/C)C1c1ccc2oc(-c3ccccc3)cc(=O)c2c1. The molecule has 7 nitrogen and oxygen atoms in total. The van der Waals surface area contributed by atoms with Crippen LogP contribution in [0.1, 0.15) is 39.2 Å². The monoisotopic (exact) mass is 497 g/mol. The Morgan fingerprint density at radius 2 is 1.46 bits per heavy atom. The van der Waals surface area contributed by atoms with E-state index >= 15 is 0 Å². The van der Waals surface area contributed by atoms with Crippen LogP contribution in [0.2, 0.25) is 0 Å². The third-order valence-corrected chi connectivity index (χ3v) is 5.97. The topological polar surface area (TPSA) is 94.8 Å². The number of dihydropyridines is 1. The van der Waals surface area contributed by atoms with Crippen LogP contribution in [0.25, 0.3) is 22.3 Å². The fourth-order valence-electron chi connectivity index (χ4n) is 4.35. The molecule has 1 N–H and O–H groups in total. The van der Waals surface area contributed by atoms with Crippen molar-refractivity contribution in [2.75, 3.05) is 0 Å². The molecule has 0 saturated heterocycles. The Kier molecular flexibility index (Phi) is 7.53. The highest BCUT2D eigenvalue weighted by Gasteiger charge is 2.38. The van der Waals surface area contributed by atoms with Gasteiger partial charge in [0.15, 0.2) is 5.43 Å². The van der Waals surface area contributed by atoms with Crippen LogP contribution in [-0.4, -0.2) is 11.9 Å². The van der Waals surface area contributed by atoms with Gasteiger partial charge in [0.1, 0.15) is 11.3 Å². The van der Waals surface area contributed by atoms with Crippen LogP contribution < -0.4 is 10.7 Å². The van der Waals surface area contributed by atoms with Gasteiger partial charge in [-0.1, -0.05) is 48.6 Å². The molecule has 1 aliphatic heterocycles. The summed E-state index contributed by atoms with van der Waals surface area (Å²) < 4.78 is 16.6. The second-order valence-corrected chi connectivity index (χ2v) is 8.48. The number of hydrogen-bond acceptors (Lipinski definition) is 7. The van der Waals surface area contributed by atoms with Crippen molar-refractivity contribution in [3.63, 3.8) is 0 Å². The van der Waals surface area contributed by atoms with E-state index in [2.05, 4.69) is 5.32 Å². The number of nitrogens with one attached hydrogen (secondary N) is 1. The molecule has 0 atom stereocenters. The molecule has 0 unspecified atom stereocenters. The van der Waals surface area contributed by atoms with E-state index in [1.807, 2.05) is 30.3 Å². The van der Waals surface area contributed by atoms with Crippen molar-refractivity contribution in [3.05, 3.63) is 118 Å². The van der Waals surface area contributed by atoms with Crippen LogP contribution >= 0.6 is 0 Å². The van der Waals surface area contributed by atoms with Crippen LogP contribution in [0, 0.1) is 0 Å². The van der Waals surface area contributed by atoms with Crippen molar-refractivity contribution < 1.29 is 23.5 Å². The Balaban J connectivity index is 1.89. The number of rotatable bonds is 6. The zero-order valence-corrected chi connectivity index (χ0v) is 21.0. The molecular formula is C30H27NO6. The smallest absolute Gasteiger partial charge is 0.341 e. The van der Waals surface area contributed by atoms with E-state index in [1.54, 1.807) is 58.0 Å². The molecule has 0 amide bonds. The zero-order chi connectivity index (χ0) is 26.5. The lowest BCUT2D eigenvalue weighted by atomic mass is 9.80. The minimum Gasteiger partial charge on any atom is -0.456 e. The second kappa shape index (κ2) is 11.0. The van der Waals surface area contributed by atoms with Gasteiger partial charge in [-0.05, 0) is 45.4 Å². The number of benzene rings is 2. The summed E-state index contributed by atoms with van der Waals surface area (Å²) in [6, 6.07) is 15.8. The second-order valence-electron chi connectivity index (χ2n) is 8.48. The van der Waals surface area contributed by atoms with E-state index in [-0.39, 0.29) is 16.6 Å². The summed E-state index contributed by atoms with van der Waals surface area (Å²) >= 11 is 0. The maximum atomic E-state index is 13.2. The molecule has 0 bridgehead atoms. The van der Waals surface area contributed by atoms with Crippen LogP contribution in [0.15, 0.2) is 111 Å². The summed E-state index contributed by atoms with van der Waals surface area (Å²) in [5, 5.41) is 3.42. The van der Waals surface area contributed by atoms with Gasteiger partial charge in [0.05, 0.1) is 35.0 Å². The fourth-order valence-corrected chi connectivity index (χ4v) is 4.35. The molecule has 2 heterocycles. The molecule has 0 spiro atoms. The van der Waals surface area contributed by atoms with Crippen molar-refractivity contribution in [2.24, 2.45) is 0 Å². The molecule has 0 radical (unpaired) electrons. The van der Waals surface area contributed by atoms with Gasteiger partial charge < -0.3 is 19.2 Å². The molecule has 2 aromatic carbocycles. The summed E-state index contributed by atoms with van der Waals surface area (Å²) in [5.41, 5.74) is 3.02. The Bertz CT molecular complexity index is 1490. The van der Waals surface area contributed by atoms with Gasteiger partial charge in [0.2, 0.25) is 0 Å². The average molecular weight is 498 g/mol. The van der Waals surface area contributed by atoms with Crippen molar-refractivity contribution >= 4 is 22.9 Å². The average Bonchev–Trinajstić information content (AvgIpc) is 2.90. The highest BCUT2D eigenvalue weighted by molar-refractivity contribution is 6.00. The van der Waals surface area contributed by atoms with Gasteiger partial charge in [-0.25, -0.2) is 9.59 Å². The summed E-state index contributed by atoms with van der Waals surface area (Å²) in [4.78, 5) is 39.4. The van der Waals surface area contributed by atoms with Gasteiger partial charge in [0.25, 0.3) is 0 Å². The first-order valence-electron chi connectivity index (χ1n) is 11.8. The van der Waals surface area contributed by atoms with Crippen LogP contribution in [0.5, 0.6) is 0 Å². The number of fused-ring (bicyclic) bond motifs is 1. The van der Waals surface area contributed by atoms with Gasteiger partial charge in [-0.15, -0.1) is 0 Å². The van der Waals surface area contributed by atoms with E-state index in [9.17, 15) is 14.4 Å². The normalized spacial score (nSPS) is 14.5. The van der Waals surface area contributed by atoms with Crippen molar-refractivity contribution in [1.29, 1.82) is 0 Å². The molecule has 1 aliphatic rings. The highest BCUT2D eigenvalue weighted by atomic mass is 16.5. The lowest BCUT2D eigenvalue weighted by Crippen LogP contribution is -2.32. The Labute approximate surface area is 214 Å². The first-order valence-corrected chi connectivity index (χ1v) is 11.8. The number of esters is 2. The summed E-state index contributed by atoms with van der Waals surface area (Å²) in [5.74, 6) is -1.63. The summed E-state index contributed by atoms with van der Waals surface area (Å²) in [6.45, 7) is 6.92. The van der Waals surface area contributed by atoms with E-state index < -0.39 is 17.9 Å². The molecule has 0 aliphatic carbocycles.